The summed E-state index contributed by atoms with van der Waals surface area (Å²) in [4.78, 5) is 33.1. The number of benzene rings is 2. The third-order valence-electron chi connectivity index (χ3n) is 5.20. The maximum absolute atomic E-state index is 13.3. The average Bonchev–Trinajstić information content (AvgIpc) is 3.21. The molecule has 0 atom stereocenters. The van der Waals surface area contributed by atoms with E-state index >= 15 is 0 Å². The van der Waals surface area contributed by atoms with E-state index < -0.39 is 0 Å². The highest BCUT2D eigenvalue weighted by atomic mass is 32.1. The lowest BCUT2D eigenvalue weighted by Gasteiger charge is -2.22. The number of aryl methyl sites for hydroxylation is 1. The van der Waals surface area contributed by atoms with Gasteiger partial charge in [0.05, 0.1) is 18.8 Å². The first-order valence-corrected chi connectivity index (χ1v) is 10.9. The number of rotatable bonds is 6. The first kappa shape index (κ1) is 20.8. The molecule has 0 saturated carbocycles. The van der Waals surface area contributed by atoms with Crippen LogP contribution in [0.2, 0.25) is 0 Å². The van der Waals surface area contributed by atoms with Crippen LogP contribution in [-0.2, 0) is 11.3 Å². The van der Waals surface area contributed by atoms with E-state index in [9.17, 15) is 9.59 Å². The summed E-state index contributed by atoms with van der Waals surface area (Å²) >= 11 is 1.42. The maximum Gasteiger partial charge on any atom is 0.263 e. The molecule has 4 aromatic rings. The topological polar surface area (TPSA) is 64.4 Å². The molecule has 2 heterocycles. The van der Waals surface area contributed by atoms with Crippen molar-refractivity contribution in [3.8, 4) is 16.9 Å². The second-order valence-corrected chi connectivity index (χ2v) is 8.07. The van der Waals surface area contributed by atoms with Gasteiger partial charge in [0, 0.05) is 23.2 Å². The Morgan fingerprint density at radius 1 is 1.19 bits per heavy atom. The Morgan fingerprint density at radius 3 is 2.65 bits per heavy atom. The lowest BCUT2D eigenvalue weighted by Crippen LogP contribution is -2.36. The number of ether oxygens (including phenoxy) is 1. The molecule has 0 N–H and O–H groups in total. The van der Waals surface area contributed by atoms with Gasteiger partial charge in [-0.1, -0.05) is 24.3 Å². The predicted molar refractivity (Wildman–Crippen MR) is 125 cm³/mol. The number of anilines is 1. The molecule has 0 radical (unpaired) electrons. The maximum atomic E-state index is 13.3. The second-order valence-electron chi connectivity index (χ2n) is 7.21. The third-order valence-corrected chi connectivity index (χ3v) is 6.08. The first-order valence-electron chi connectivity index (χ1n) is 10.00. The number of hydrogen-bond donors (Lipinski definition) is 0. The Morgan fingerprint density at radius 2 is 1.97 bits per heavy atom. The van der Waals surface area contributed by atoms with Crippen molar-refractivity contribution in [2.24, 2.45) is 0 Å². The molecular weight excluding hydrogens is 410 g/mol. The number of methoxy groups -OCH3 is 1. The van der Waals surface area contributed by atoms with E-state index in [1.807, 2.05) is 67.8 Å². The number of nitrogens with zero attached hydrogens (tertiary/aromatic N) is 3. The smallest absolute Gasteiger partial charge is 0.263 e. The average molecular weight is 434 g/mol. The largest absolute Gasteiger partial charge is 0.497 e. The minimum atomic E-state index is -0.217. The van der Waals surface area contributed by atoms with Crippen molar-refractivity contribution in [2.45, 2.75) is 20.4 Å². The summed E-state index contributed by atoms with van der Waals surface area (Å²) in [7, 11) is 1.62. The monoisotopic (exact) mass is 433 g/mol. The zero-order valence-corrected chi connectivity index (χ0v) is 18.5. The van der Waals surface area contributed by atoms with Crippen LogP contribution in [0.3, 0.4) is 0 Å². The van der Waals surface area contributed by atoms with Crippen LogP contribution in [0.5, 0.6) is 5.75 Å². The van der Waals surface area contributed by atoms with Gasteiger partial charge in [-0.15, -0.1) is 11.3 Å². The van der Waals surface area contributed by atoms with Gasteiger partial charge in [0.1, 0.15) is 17.1 Å². The van der Waals surface area contributed by atoms with Gasteiger partial charge in [-0.05, 0) is 49.2 Å². The van der Waals surface area contributed by atoms with Crippen molar-refractivity contribution in [1.82, 2.24) is 9.55 Å². The fourth-order valence-electron chi connectivity index (χ4n) is 3.59. The van der Waals surface area contributed by atoms with Crippen molar-refractivity contribution in [3.63, 3.8) is 0 Å². The molecule has 2 aromatic heterocycles. The van der Waals surface area contributed by atoms with Crippen molar-refractivity contribution in [1.29, 1.82) is 0 Å². The molecule has 0 bridgehead atoms. The van der Waals surface area contributed by atoms with Crippen molar-refractivity contribution in [3.05, 3.63) is 76.2 Å². The van der Waals surface area contributed by atoms with Gasteiger partial charge in [-0.25, -0.2) is 4.98 Å². The van der Waals surface area contributed by atoms with Crippen LogP contribution in [0, 0.1) is 6.92 Å². The number of hydrogen-bond acceptors (Lipinski definition) is 5. The molecule has 2 aromatic carbocycles. The molecule has 6 nitrogen and oxygen atoms in total. The Hall–Kier alpha value is -3.45. The number of fused-ring (bicyclic) bond motifs is 1. The fourth-order valence-corrected chi connectivity index (χ4v) is 4.50. The zero-order valence-electron chi connectivity index (χ0n) is 17.7. The summed E-state index contributed by atoms with van der Waals surface area (Å²) < 4.78 is 6.61. The van der Waals surface area contributed by atoms with Crippen LogP contribution < -0.4 is 15.2 Å². The Labute approximate surface area is 184 Å². The van der Waals surface area contributed by atoms with E-state index in [2.05, 4.69) is 4.98 Å². The van der Waals surface area contributed by atoms with E-state index in [-0.39, 0.29) is 18.0 Å². The lowest BCUT2D eigenvalue weighted by atomic mass is 10.1. The molecule has 1 amide bonds. The van der Waals surface area contributed by atoms with Crippen molar-refractivity contribution < 1.29 is 9.53 Å². The molecule has 0 spiro atoms. The summed E-state index contributed by atoms with van der Waals surface area (Å²) in [6, 6.07) is 15.3. The summed E-state index contributed by atoms with van der Waals surface area (Å²) in [5.41, 5.74) is 3.40. The second kappa shape index (κ2) is 8.73. The van der Waals surface area contributed by atoms with E-state index in [4.69, 9.17) is 4.74 Å². The highest BCUT2D eigenvalue weighted by Gasteiger charge is 2.18. The molecule has 0 aliphatic heterocycles. The minimum Gasteiger partial charge on any atom is -0.497 e. The standard InChI is InChI=1S/C24H23N3O3S/c1-4-27(18-7-5-6-16(2)12-18)21(28)13-26-15-25-23-22(24(26)29)20(14-31-23)17-8-10-19(30-3)11-9-17/h5-12,14-15H,4,13H2,1-3H3. The highest BCUT2D eigenvalue weighted by Crippen LogP contribution is 2.31. The van der Waals surface area contributed by atoms with Crippen molar-refractivity contribution >= 4 is 33.1 Å². The fraction of sp³-hybridized carbons (Fsp3) is 0.208. The number of carbonyl (C=O) groups is 1. The summed E-state index contributed by atoms with van der Waals surface area (Å²) in [5, 5.41) is 2.46. The molecule has 0 fully saturated rings. The van der Waals surface area contributed by atoms with Gasteiger partial charge >= 0.3 is 0 Å². The highest BCUT2D eigenvalue weighted by molar-refractivity contribution is 7.17. The van der Waals surface area contributed by atoms with Crippen LogP contribution in [0.15, 0.2) is 65.0 Å². The van der Waals surface area contributed by atoms with Gasteiger partial charge in [-0.3, -0.25) is 14.2 Å². The summed E-state index contributed by atoms with van der Waals surface area (Å²) in [5.74, 6) is 0.595. The van der Waals surface area contributed by atoms with E-state index in [0.717, 1.165) is 28.1 Å². The zero-order chi connectivity index (χ0) is 22.0. The molecule has 0 saturated heterocycles. The van der Waals surface area contributed by atoms with Gasteiger partial charge in [0.25, 0.3) is 5.56 Å². The van der Waals surface area contributed by atoms with Crippen LogP contribution in [0.4, 0.5) is 5.69 Å². The quantitative estimate of drug-likeness (QED) is 0.449. The Bertz CT molecular complexity index is 1290. The van der Waals surface area contributed by atoms with Gasteiger partial charge in [0.2, 0.25) is 5.91 Å². The summed E-state index contributed by atoms with van der Waals surface area (Å²) in [6.07, 6.45) is 1.46. The Balaban J connectivity index is 1.69. The lowest BCUT2D eigenvalue weighted by molar-refractivity contribution is -0.119. The molecule has 4 rings (SSSR count). The van der Waals surface area contributed by atoms with Gasteiger partial charge in [0.15, 0.2) is 0 Å². The minimum absolute atomic E-state index is 0.0680. The molecule has 31 heavy (non-hydrogen) atoms. The third kappa shape index (κ3) is 4.09. The van der Waals surface area contributed by atoms with Crippen LogP contribution >= 0.6 is 11.3 Å². The molecule has 0 aliphatic rings. The Kier molecular flexibility index (Phi) is 5.86. The van der Waals surface area contributed by atoms with Gasteiger partial charge < -0.3 is 9.64 Å². The number of likely N-dealkylation sites (N-methyl/N-ethyl adjacent to an activating group) is 1. The predicted octanol–water partition coefficient (Wildman–Crippen LogP) is 4.50. The molecule has 0 aliphatic carbocycles. The van der Waals surface area contributed by atoms with Crippen LogP contribution in [0.1, 0.15) is 12.5 Å². The summed E-state index contributed by atoms with van der Waals surface area (Å²) in [6.45, 7) is 4.36. The number of aromatic nitrogens is 2. The number of amides is 1. The number of thiophene rings is 1. The molecule has 158 valence electrons. The van der Waals surface area contributed by atoms with E-state index in [1.54, 1.807) is 12.0 Å². The molecule has 0 unspecified atom stereocenters. The molecular formula is C24H23N3O3S. The van der Waals surface area contributed by atoms with Crippen molar-refractivity contribution in [2.75, 3.05) is 18.6 Å². The normalized spacial score (nSPS) is 10.9. The first-order chi connectivity index (χ1) is 15.0. The number of carbonyl (C=O) groups excluding carboxylic acids is 1. The SMILES string of the molecule is CCN(C(=O)Cn1cnc2scc(-c3ccc(OC)cc3)c2c1=O)c1cccc(C)c1. The van der Waals surface area contributed by atoms with E-state index in [0.29, 0.717) is 16.8 Å². The van der Waals surface area contributed by atoms with Gasteiger partial charge in [-0.2, -0.15) is 0 Å². The van der Waals surface area contributed by atoms with E-state index in [1.165, 1.54) is 22.2 Å². The van der Waals surface area contributed by atoms with Crippen LogP contribution in [0.25, 0.3) is 21.3 Å². The molecule has 7 heteroatoms. The van der Waals surface area contributed by atoms with Crippen LogP contribution in [-0.4, -0.2) is 29.1 Å².